The summed E-state index contributed by atoms with van der Waals surface area (Å²) in [4.78, 5) is 21.5. The van der Waals surface area contributed by atoms with Crippen LogP contribution in [0.1, 0.15) is 19.0 Å². The van der Waals surface area contributed by atoms with E-state index in [-0.39, 0.29) is 5.56 Å². The van der Waals surface area contributed by atoms with Crippen molar-refractivity contribution in [2.24, 2.45) is 0 Å². The lowest BCUT2D eigenvalue weighted by atomic mass is 10.1. The molecule has 0 unspecified atom stereocenters. The van der Waals surface area contributed by atoms with Crippen molar-refractivity contribution in [2.75, 3.05) is 19.0 Å². The molecule has 0 saturated carbocycles. The quantitative estimate of drug-likeness (QED) is 0.826. The van der Waals surface area contributed by atoms with Gasteiger partial charge in [-0.05, 0) is 53.3 Å². The molecule has 2 rings (SSSR count). The third-order valence-electron chi connectivity index (χ3n) is 3.08. The minimum Gasteiger partial charge on any atom is -0.378 e. The van der Waals surface area contributed by atoms with Crippen molar-refractivity contribution in [2.45, 2.75) is 19.8 Å². The number of hydrogen-bond acceptors (Lipinski definition) is 3. The van der Waals surface area contributed by atoms with Gasteiger partial charge in [-0.2, -0.15) is 0 Å². The highest BCUT2D eigenvalue weighted by Crippen LogP contribution is 2.20. The Hall–Kier alpha value is -1.37. The van der Waals surface area contributed by atoms with E-state index in [1.165, 1.54) is 0 Å². The van der Waals surface area contributed by atoms with E-state index in [1.807, 2.05) is 43.3 Å². The summed E-state index contributed by atoms with van der Waals surface area (Å²) in [6.45, 7) is 2.09. The van der Waals surface area contributed by atoms with E-state index in [4.69, 9.17) is 0 Å². The molecule has 1 aromatic carbocycles. The highest BCUT2D eigenvalue weighted by atomic mass is 127. The molecule has 0 atom stereocenters. The van der Waals surface area contributed by atoms with Crippen LogP contribution in [0.3, 0.4) is 0 Å². The average molecular weight is 383 g/mol. The minimum atomic E-state index is -0.0595. The SMILES string of the molecule is CCCc1nc(-c2ccc(N(C)C)cc2)[nH]c(=O)c1I. The molecule has 4 nitrogen and oxygen atoms in total. The van der Waals surface area contributed by atoms with Crippen LogP contribution in [0.2, 0.25) is 0 Å². The van der Waals surface area contributed by atoms with E-state index < -0.39 is 0 Å². The van der Waals surface area contributed by atoms with Crippen LogP contribution in [-0.4, -0.2) is 24.1 Å². The van der Waals surface area contributed by atoms with E-state index in [2.05, 4.69) is 39.5 Å². The second-order valence-corrected chi connectivity index (χ2v) is 5.95. The highest BCUT2D eigenvalue weighted by molar-refractivity contribution is 14.1. The molecule has 0 aliphatic heterocycles. The summed E-state index contributed by atoms with van der Waals surface area (Å²) < 4.78 is 0.693. The lowest BCUT2D eigenvalue weighted by molar-refractivity contribution is 0.860. The maximum absolute atomic E-state index is 12.0. The fourth-order valence-corrected chi connectivity index (χ4v) is 2.49. The van der Waals surface area contributed by atoms with Crippen molar-refractivity contribution >= 4 is 28.3 Å². The van der Waals surface area contributed by atoms with E-state index in [1.54, 1.807) is 0 Å². The van der Waals surface area contributed by atoms with Crippen LogP contribution >= 0.6 is 22.6 Å². The number of halogens is 1. The molecule has 1 aromatic heterocycles. The molecule has 0 fully saturated rings. The Morgan fingerprint density at radius 1 is 1.25 bits per heavy atom. The summed E-state index contributed by atoms with van der Waals surface area (Å²) in [5, 5.41) is 0. The first kappa shape index (κ1) is 15.0. The van der Waals surface area contributed by atoms with Gasteiger partial charge in [0.25, 0.3) is 5.56 Å². The van der Waals surface area contributed by atoms with Crippen LogP contribution in [-0.2, 0) is 6.42 Å². The normalized spacial score (nSPS) is 10.6. The van der Waals surface area contributed by atoms with E-state index in [9.17, 15) is 4.79 Å². The van der Waals surface area contributed by atoms with Gasteiger partial charge in [0.2, 0.25) is 0 Å². The molecule has 5 heteroatoms. The molecular weight excluding hydrogens is 365 g/mol. The molecule has 106 valence electrons. The molecule has 2 aromatic rings. The van der Waals surface area contributed by atoms with Crippen molar-refractivity contribution < 1.29 is 0 Å². The van der Waals surface area contributed by atoms with Gasteiger partial charge in [0.15, 0.2) is 0 Å². The molecule has 0 saturated heterocycles. The van der Waals surface area contributed by atoms with Crippen LogP contribution < -0.4 is 10.5 Å². The molecule has 0 spiro atoms. The third-order valence-corrected chi connectivity index (χ3v) is 4.19. The first-order chi connectivity index (χ1) is 9.52. The number of anilines is 1. The number of rotatable bonds is 4. The maximum Gasteiger partial charge on any atom is 0.264 e. The van der Waals surface area contributed by atoms with Crippen LogP contribution in [0.4, 0.5) is 5.69 Å². The Kier molecular flexibility index (Phi) is 4.80. The van der Waals surface area contributed by atoms with Crippen LogP contribution in [0.15, 0.2) is 29.1 Å². The molecule has 1 heterocycles. The summed E-state index contributed by atoms with van der Waals surface area (Å²) in [5.41, 5.74) is 2.87. The first-order valence-corrected chi connectivity index (χ1v) is 7.67. The van der Waals surface area contributed by atoms with Crippen molar-refractivity contribution in [1.29, 1.82) is 0 Å². The monoisotopic (exact) mass is 383 g/mol. The fourth-order valence-electron chi connectivity index (χ4n) is 1.96. The summed E-state index contributed by atoms with van der Waals surface area (Å²) in [5.74, 6) is 0.643. The number of hydrogen-bond donors (Lipinski definition) is 1. The second-order valence-electron chi connectivity index (χ2n) is 4.87. The number of nitrogens with zero attached hydrogens (tertiary/aromatic N) is 2. The van der Waals surface area contributed by atoms with Crippen molar-refractivity contribution in [3.05, 3.63) is 43.9 Å². The Labute approximate surface area is 132 Å². The number of aromatic nitrogens is 2. The van der Waals surface area contributed by atoms with E-state index >= 15 is 0 Å². The van der Waals surface area contributed by atoms with Crippen molar-refractivity contribution in [3.63, 3.8) is 0 Å². The van der Waals surface area contributed by atoms with Gasteiger partial charge in [0, 0.05) is 25.3 Å². The van der Waals surface area contributed by atoms with Crippen LogP contribution in [0.5, 0.6) is 0 Å². The molecule has 0 radical (unpaired) electrons. The number of benzene rings is 1. The van der Waals surface area contributed by atoms with Gasteiger partial charge >= 0.3 is 0 Å². The smallest absolute Gasteiger partial charge is 0.264 e. The van der Waals surface area contributed by atoms with Crippen molar-refractivity contribution in [3.8, 4) is 11.4 Å². The lowest BCUT2D eigenvalue weighted by Crippen LogP contribution is -2.16. The van der Waals surface area contributed by atoms with Gasteiger partial charge < -0.3 is 9.88 Å². The maximum atomic E-state index is 12.0. The highest BCUT2D eigenvalue weighted by Gasteiger charge is 2.09. The Balaban J connectivity index is 2.44. The molecule has 0 aliphatic carbocycles. The summed E-state index contributed by atoms with van der Waals surface area (Å²) in [7, 11) is 4.00. The van der Waals surface area contributed by atoms with Gasteiger partial charge in [-0.1, -0.05) is 13.3 Å². The van der Waals surface area contributed by atoms with Gasteiger partial charge in [-0.3, -0.25) is 4.79 Å². The van der Waals surface area contributed by atoms with Gasteiger partial charge in [-0.15, -0.1) is 0 Å². The molecule has 1 N–H and O–H groups in total. The molecule has 0 bridgehead atoms. The fraction of sp³-hybridized carbons (Fsp3) is 0.333. The summed E-state index contributed by atoms with van der Waals surface area (Å²) >= 11 is 2.07. The zero-order valence-electron chi connectivity index (χ0n) is 11.9. The number of nitrogens with one attached hydrogen (secondary N) is 1. The topological polar surface area (TPSA) is 49.0 Å². The summed E-state index contributed by atoms with van der Waals surface area (Å²) in [6, 6.07) is 8.01. The molecule has 20 heavy (non-hydrogen) atoms. The lowest BCUT2D eigenvalue weighted by Gasteiger charge is -2.12. The van der Waals surface area contributed by atoms with Gasteiger partial charge in [0.1, 0.15) is 5.82 Å². The first-order valence-electron chi connectivity index (χ1n) is 6.59. The molecule has 0 amide bonds. The standard InChI is InChI=1S/C15H18IN3O/c1-4-5-12-13(16)15(20)18-14(17-12)10-6-8-11(9-7-10)19(2)3/h6-9H,4-5H2,1-3H3,(H,17,18,20). The van der Waals surface area contributed by atoms with Crippen LogP contribution in [0, 0.1) is 3.57 Å². The molecular formula is C15H18IN3O. The minimum absolute atomic E-state index is 0.0595. The largest absolute Gasteiger partial charge is 0.378 e. The van der Waals surface area contributed by atoms with E-state index in [0.29, 0.717) is 9.39 Å². The van der Waals surface area contributed by atoms with Crippen molar-refractivity contribution in [1.82, 2.24) is 9.97 Å². The number of H-pyrrole nitrogens is 1. The summed E-state index contributed by atoms with van der Waals surface area (Å²) in [6.07, 6.45) is 1.80. The zero-order valence-corrected chi connectivity index (χ0v) is 14.1. The zero-order chi connectivity index (χ0) is 14.7. The predicted octanol–water partition coefficient (Wildman–Crippen LogP) is 3.06. The van der Waals surface area contributed by atoms with Gasteiger partial charge in [-0.25, -0.2) is 4.98 Å². The van der Waals surface area contributed by atoms with Crippen LogP contribution in [0.25, 0.3) is 11.4 Å². The predicted molar refractivity (Wildman–Crippen MR) is 91.3 cm³/mol. The third kappa shape index (κ3) is 3.20. The number of aromatic amines is 1. The van der Waals surface area contributed by atoms with E-state index in [0.717, 1.165) is 29.8 Å². The Morgan fingerprint density at radius 2 is 1.90 bits per heavy atom. The average Bonchev–Trinajstić information content (AvgIpc) is 2.44. The second kappa shape index (κ2) is 6.39. The molecule has 0 aliphatic rings. The Morgan fingerprint density at radius 3 is 2.45 bits per heavy atom. The number of aryl methyl sites for hydroxylation is 1. The Bertz CT molecular complexity index is 647. The van der Waals surface area contributed by atoms with Gasteiger partial charge in [0.05, 0.1) is 9.26 Å².